The molecule has 0 fully saturated rings. The maximum absolute atomic E-state index is 15.1. The molecule has 0 amide bonds. The number of nitrogens with one attached hydrogen (secondary N) is 2. The Balaban J connectivity index is 2.57. The summed E-state index contributed by atoms with van der Waals surface area (Å²) < 4.78 is 57.5. The minimum Gasteiger partial charge on any atom is -0.314 e. The summed E-state index contributed by atoms with van der Waals surface area (Å²) in [7, 11) is 0. The van der Waals surface area contributed by atoms with Crippen molar-refractivity contribution in [2.24, 2.45) is 0 Å². The predicted molar refractivity (Wildman–Crippen MR) is 92.7 cm³/mol. The monoisotopic (exact) mass is 358 g/mol. The number of rotatable bonds is 8. The van der Waals surface area contributed by atoms with Gasteiger partial charge in [-0.2, -0.15) is 0 Å². The van der Waals surface area contributed by atoms with E-state index in [1.54, 1.807) is 0 Å². The fourth-order valence-corrected chi connectivity index (χ4v) is 3.97. The first-order chi connectivity index (χ1) is 11.8. The lowest BCUT2D eigenvalue weighted by atomic mass is 9.72. The SMILES string of the molecule is CCNC(C)CC1(CC(C)NCC)C(F)=C(F)c2c1ccc(F)c2F. The van der Waals surface area contributed by atoms with Crippen LogP contribution in [0, 0.1) is 11.6 Å². The van der Waals surface area contributed by atoms with E-state index in [9.17, 15) is 13.2 Å². The lowest BCUT2D eigenvalue weighted by molar-refractivity contribution is 0.288. The summed E-state index contributed by atoms with van der Waals surface area (Å²) >= 11 is 0. The van der Waals surface area contributed by atoms with Crippen molar-refractivity contribution in [2.45, 2.75) is 58.0 Å². The van der Waals surface area contributed by atoms with Crippen LogP contribution in [0.25, 0.3) is 5.83 Å². The molecule has 0 bridgehead atoms. The molecule has 140 valence electrons. The summed E-state index contributed by atoms with van der Waals surface area (Å²) in [4.78, 5) is 0. The molecule has 2 N–H and O–H groups in total. The molecule has 0 saturated carbocycles. The largest absolute Gasteiger partial charge is 0.314 e. The zero-order valence-electron chi connectivity index (χ0n) is 15.1. The Labute approximate surface area is 146 Å². The summed E-state index contributed by atoms with van der Waals surface area (Å²) in [5.41, 5.74) is -1.68. The Morgan fingerprint density at radius 3 is 1.92 bits per heavy atom. The summed E-state index contributed by atoms with van der Waals surface area (Å²) in [5, 5.41) is 6.39. The summed E-state index contributed by atoms with van der Waals surface area (Å²) in [6.45, 7) is 8.97. The van der Waals surface area contributed by atoms with E-state index in [-0.39, 0.29) is 30.5 Å². The predicted octanol–water partition coefficient (Wildman–Crippen LogP) is 4.60. The number of hydrogen-bond donors (Lipinski definition) is 2. The average Bonchev–Trinajstić information content (AvgIpc) is 2.74. The van der Waals surface area contributed by atoms with Gasteiger partial charge in [0, 0.05) is 12.1 Å². The van der Waals surface area contributed by atoms with Crippen molar-refractivity contribution in [2.75, 3.05) is 13.1 Å². The second kappa shape index (κ2) is 7.87. The van der Waals surface area contributed by atoms with Crippen molar-refractivity contribution in [3.05, 3.63) is 40.7 Å². The van der Waals surface area contributed by atoms with E-state index in [1.165, 1.54) is 6.07 Å². The molecule has 6 heteroatoms. The van der Waals surface area contributed by atoms with Crippen LogP contribution in [0.4, 0.5) is 17.6 Å². The third-order valence-electron chi connectivity index (χ3n) is 4.86. The Morgan fingerprint density at radius 1 is 0.920 bits per heavy atom. The van der Waals surface area contributed by atoms with Crippen LogP contribution in [0.2, 0.25) is 0 Å². The molecular weight excluding hydrogens is 332 g/mol. The van der Waals surface area contributed by atoms with Crippen molar-refractivity contribution in [3.8, 4) is 0 Å². The molecule has 2 atom stereocenters. The van der Waals surface area contributed by atoms with Gasteiger partial charge in [0.15, 0.2) is 17.5 Å². The molecule has 2 nitrogen and oxygen atoms in total. The van der Waals surface area contributed by atoms with Crippen molar-refractivity contribution < 1.29 is 17.6 Å². The van der Waals surface area contributed by atoms with Crippen LogP contribution in [0.1, 0.15) is 51.7 Å². The van der Waals surface area contributed by atoms with Gasteiger partial charge in [0.25, 0.3) is 0 Å². The first-order valence-electron chi connectivity index (χ1n) is 8.79. The van der Waals surface area contributed by atoms with Crippen LogP contribution in [0.15, 0.2) is 18.0 Å². The number of hydrogen-bond acceptors (Lipinski definition) is 2. The van der Waals surface area contributed by atoms with Gasteiger partial charge in [-0.05, 0) is 51.4 Å². The number of fused-ring (bicyclic) bond motifs is 1. The maximum Gasteiger partial charge on any atom is 0.169 e. The molecule has 1 aliphatic rings. The standard InChI is InChI=1S/C19H26F4N2/c1-5-24-11(3)9-19(10-12(4)25-6-2)13-7-8-14(20)16(21)15(13)17(22)18(19)23/h7-8,11-12,24-25H,5-6,9-10H2,1-4H3. The lowest BCUT2D eigenvalue weighted by Gasteiger charge is -2.35. The number of benzene rings is 1. The lowest BCUT2D eigenvalue weighted by Crippen LogP contribution is -2.41. The minimum absolute atomic E-state index is 0.114. The fourth-order valence-electron chi connectivity index (χ4n) is 3.97. The fraction of sp³-hybridized carbons (Fsp3) is 0.579. The molecule has 1 aliphatic carbocycles. The molecule has 1 aromatic rings. The minimum atomic E-state index is -1.32. The van der Waals surface area contributed by atoms with E-state index in [0.717, 1.165) is 6.07 Å². The molecule has 2 unspecified atom stereocenters. The number of halogens is 4. The Morgan fingerprint density at radius 2 is 1.44 bits per heavy atom. The quantitative estimate of drug-likeness (QED) is 0.664. The second-order valence-electron chi connectivity index (χ2n) is 6.82. The summed E-state index contributed by atoms with van der Waals surface area (Å²) in [6.07, 6.45) is 0.516. The Bertz CT molecular complexity index is 643. The highest BCUT2D eigenvalue weighted by molar-refractivity contribution is 5.75. The van der Waals surface area contributed by atoms with Gasteiger partial charge in [-0.1, -0.05) is 19.9 Å². The van der Waals surface area contributed by atoms with Crippen LogP contribution in [0.5, 0.6) is 0 Å². The van der Waals surface area contributed by atoms with Crippen molar-refractivity contribution in [3.63, 3.8) is 0 Å². The van der Waals surface area contributed by atoms with E-state index in [4.69, 9.17) is 0 Å². The number of allylic oxidation sites excluding steroid dienone is 1. The van der Waals surface area contributed by atoms with Crippen molar-refractivity contribution >= 4 is 5.83 Å². The molecule has 2 rings (SSSR count). The van der Waals surface area contributed by atoms with E-state index < -0.39 is 34.3 Å². The molecule has 1 aromatic carbocycles. The van der Waals surface area contributed by atoms with E-state index >= 15 is 4.39 Å². The summed E-state index contributed by atoms with van der Waals surface area (Å²) in [5.74, 6) is -4.77. The molecular formula is C19H26F4N2. The maximum atomic E-state index is 15.1. The van der Waals surface area contributed by atoms with Gasteiger partial charge >= 0.3 is 0 Å². The molecule has 0 aliphatic heterocycles. The van der Waals surface area contributed by atoms with Crippen molar-refractivity contribution in [1.82, 2.24) is 10.6 Å². The molecule has 0 heterocycles. The highest BCUT2D eigenvalue weighted by Gasteiger charge is 2.49. The van der Waals surface area contributed by atoms with Gasteiger partial charge in [-0.15, -0.1) is 0 Å². The second-order valence-corrected chi connectivity index (χ2v) is 6.82. The molecule has 0 saturated heterocycles. The first kappa shape index (κ1) is 19.9. The zero-order valence-corrected chi connectivity index (χ0v) is 15.1. The van der Waals surface area contributed by atoms with E-state index in [2.05, 4.69) is 10.6 Å². The highest BCUT2D eigenvalue weighted by atomic mass is 19.2. The summed E-state index contributed by atoms with van der Waals surface area (Å²) in [6, 6.07) is 2.04. The van der Waals surface area contributed by atoms with Gasteiger partial charge in [-0.3, -0.25) is 0 Å². The van der Waals surface area contributed by atoms with Crippen LogP contribution >= 0.6 is 0 Å². The van der Waals surface area contributed by atoms with Crippen LogP contribution in [-0.2, 0) is 5.41 Å². The normalized spacial score (nSPS) is 22.2. The van der Waals surface area contributed by atoms with E-state index in [0.29, 0.717) is 13.1 Å². The third-order valence-corrected chi connectivity index (χ3v) is 4.86. The van der Waals surface area contributed by atoms with Crippen LogP contribution in [-0.4, -0.2) is 25.2 Å². The zero-order chi connectivity index (χ0) is 18.8. The van der Waals surface area contributed by atoms with Crippen molar-refractivity contribution in [1.29, 1.82) is 0 Å². The van der Waals surface area contributed by atoms with Gasteiger partial charge < -0.3 is 10.6 Å². The molecule has 0 spiro atoms. The first-order valence-corrected chi connectivity index (χ1v) is 8.79. The molecule has 25 heavy (non-hydrogen) atoms. The van der Waals surface area contributed by atoms with Gasteiger partial charge in [0.05, 0.1) is 11.0 Å². The average molecular weight is 358 g/mol. The van der Waals surface area contributed by atoms with Gasteiger partial charge in [0.2, 0.25) is 0 Å². The Hall–Kier alpha value is -1.40. The van der Waals surface area contributed by atoms with E-state index in [1.807, 2.05) is 27.7 Å². The topological polar surface area (TPSA) is 24.1 Å². The van der Waals surface area contributed by atoms with Gasteiger partial charge in [-0.25, -0.2) is 17.6 Å². The van der Waals surface area contributed by atoms with Crippen LogP contribution < -0.4 is 10.6 Å². The van der Waals surface area contributed by atoms with Crippen LogP contribution in [0.3, 0.4) is 0 Å². The molecule has 0 radical (unpaired) electrons. The third kappa shape index (κ3) is 3.60. The highest BCUT2D eigenvalue weighted by Crippen LogP contribution is 2.53. The Kier molecular flexibility index (Phi) is 6.27. The van der Waals surface area contributed by atoms with Gasteiger partial charge in [0.1, 0.15) is 5.83 Å². The smallest absolute Gasteiger partial charge is 0.169 e. The molecule has 0 aromatic heterocycles.